The summed E-state index contributed by atoms with van der Waals surface area (Å²) in [7, 11) is 0. The minimum absolute atomic E-state index is 0.0609. The van der Waals surface area contributed by atoms with Crippen molar-refractivity contribution in [2.45, 2.75) is 33.2 Å². The van der Waals surface area contributed by atoms with E-state index in [4.69, 9.17) is 9.47 Å². The highest BCUT2D eigenvalue weighted by Crippen LogP contribution is 2.31. The van der Waals surface area contributed by atoms with Gasteiger partial charge in [0.25, 0.3) is 0 Å². The molecule has 0 bridgehead atoms. The topological polar surface area (TPSA) is 60.5 Å². The summed E-state index contributed by atoms with van der Waals surface area (Å²) in [5.41, 5.74) is 2.81. The molecule has 0 fully saturated rings. The van der Waals surface area contributed by atoms with Gasteiger partial charge in [-0.1, -0.05) is 36.4 Å². The number of carbonyl (C=O) groups excluding carboxylic acids is 1. The van der Waals surface area contributed by atoms with Crippen LogP contribution in [-0.2, 0) is 11.2 Å². The fourth-order valence-electron chi connectivity index (χ4n) is 2.98. The SMILES string of the molecule is CCOc1ccc([C@H](C)NC(=O)Cc2csc(-c3ccccc3)n2)cc1OCC. The van der Waals surface area contributed by atoms with E-state index in [1.54, 1.807) is 11.3 Å². The first kappa shape index (κ1) is 20.9. The van der Waals surface area contributed by atoms with Crippen LogP contribution in [-0.4, -0.2) is 24.1 Å². The molecule has 0 aliphatic heterocycles. The van der Waals surface area contributed by atoms with E-state index >= 15 is 0 Å². The number of hydrogen-bond donors (Lipinski definition) is 1. The second kappa shape index (κ2) is 10.1. The van der Waals surface area contributed by atoms with E-state index in [1.165, 1.54) is 0 Å². The highest BCUT2D eigenvalue weighted by atomic mass is 32.1. The fourth-order valence-corrected chi connectivity index (χ4v) is 3.80. The minimum Gasteiger partial charge on any atom is -0.490 e. The van der Waals surface area contributed by atoms with E-state index in [9.17, 15) is 4.79 Å². The Morgan fingerprint density at radius 2 is 1.79 bits per heavy atom. The lowest BCUT2D eigenvalue weighted by Gasteiger charge is -2.17. The van der Waals surface area contributed by atoms with Gasteiger partial charge in [-0.25, -0.2) is 4.98 Å². The van der Waals surface area contributed by atoms with Crippen molar-refractivity contribution in [2.24, 2.45) is 0 Å². The van der Waals surface area contributed by atoms with E-state index in [0.717, 1.165) is 21.8 Å². The average Bonchev–Trinajstić information content (AvgIpc) is 3.18. The van der Waals surface area contributed by atoms with Crippen molar-refractivity contribution in [1.29, 1.82) is 0 Å². The van der Waals surface area contributed by atoms with Crippen LogP contribution in [0.25, 0.3) is 10.6 Å². The highest BCUT2D eigenvalue weighted by molar-refractivity contribution is 7.13. The predicted octanol–water partition coefficient (Wildman–Crippen LogP) is 5.03. The number of nitrogens with one attached hydrogen (secondary N) is 1. The molecule has 6 heteroatoms. The summed E-state index contributed by atoms with van der Waals surface area (Å²) in [5, 5.41) is 5.91. The minimum atomic E-state index is -0.149. The number of benzene rings is 2. The maximum absolute atomic E-state index is 12.5. The monoisotopic (exact) mass is 410 g/mol. The highest BCUT2D eigenvalue weighted by Gasteiger charge is 2.15. The second-order valence-corrected chi connectivity index (χ2v) is 7.41. The smallest absolute Gasteiger partial charge is 0.226 e. The quantitative estimate of drug-likeness (QED) is 0.538. The van der Waals surface area contributed by atoms with Crippen LogP contribution in [0.2, 0.25) is 0 Å². The largest absolute Gasteiger partial charge is 0.490 e. The molecule has 2 aromatic carbocycles. The Kier molecular flexibility index (Phi) is 7.25. The molecule has 0 saturated carbocycles. The van der Waals surface area contributed by atoms with Crippen molar-refractivity contribution in [1.82, 2.24) is 10.3 Å². The molecule has 152 valence electrons. The third kappa shape index (κ3) is 5.57. The molecule has 0 spiro atoms. The lowest BCUT2D eigenvalue weighted by Crippen LogP contribution is -2.28. The fraction of sp³-hybridized carbons (Fsp3) is 0.304. The van der Waals surface area contributed by atoms with Gasteiger partial charge in [-0.15, -0.1) is 11.3 Å². The first-order valence-electron chi connectivity index (χ1n) is 9.79. The van der Waals surface area contributed by atoms with Gasteiger partial charge in [0.05, 0.1) is 31.4 Å². The van der Waals surface area contributed by atoms with Crippen LogP contribution in [0.4, 0.5) is 0 Å². The Morgan fingerprint density at radius 3 is 2.52 bits per heavy atom. The van der Waals surface area contributed by atoms with Gasteiger partial charge in [-0.05, 0) is 38.5 Å². The van der Waals surface area contributed by atoms with Crippen LogP contribution >= 0.6 is 11.3 Å². The normalized spacial score (nSPS) is 11.7. The number of ether oxygens (including phenoxy) is 2. The zero-order valence-corrected chi connectivity index (χ0v) is 17.8. The molecule has 1 amide bonds. The van der Waals surface area contributed by atoms with Crippen LogP contribution in [0.15, 0.2) is 53.9 Å². The summed E-state index contributed by atoms with van der Waals surface area (Å²) < 4.78 is 11.3. The van der Waals surface area contributed by atoms with Crippen molar-refractivity contribution in [3.8, 4) is 22.1 Å². The van der Waals surface area contributed by atoms with Gasteiger partial charge in [-0.2, -0.15) is 0 Å². The lowest BCUT2D eigenvalue weighted by molar-refractivity contribution is -0.121. The van der Waals surface area contributed by atoms with Gasteiger partial charge in [0, 0.05) is 10.9 Å². The Labute approximate surface area is 175 Å². The van der Waals surface area contributed by atoms with Crippen molar-refractivity contribution < 1.29 is 14.3 Å². The van der Waals surface area contributed by atoms with Crippen molar-refractivity contribution in [3.63, 3.8) is 0 Å². The zero-order valence-electron chi connectivity index (χ0n) is 17.0. The average molecular weight is 411 g/mol. The molecular formula is C23H26N2O3S. The van der Waals surface area contributed by atoms with E-state index in [1.807, 2.05) is 74.7 Å². The van der Waals surface area contributed by atoms with Crippen molar-refractivity contribution >= 4 is 17.2 Å². The molecule has 0 aliphatic carbocycles. The van der Waals surface area contributed by atoms with E-state index in [-0.39, 0.29) is 18.4 Å². The van der Waals surface area contributed by atoms with Crippen molar-refractivity contribution in [3.05, 3.63) is 65.2 Å². The number of carbonyl (C=O) groups is 1. The number of rotatable bonds is 9. The summed E-state index contributed by atoms with van der Waals surface area (Å²) in [4.78, 5) is 17.1. The molecule has 29 heavy (non-hydrogen) atoms. The van der Waals surface area contributed by atoms with Gasteiger partial charge in [0.15, 0.2) is 11.5 Å². The molecule has 0 aliphatic rings. The molecular weight excluding hydrogens is 384 g/mol. The first-order valence-corrected chi connectivity index (χ1v) is 10.7. The van der Waals surface area contributed by atoms with Crippen LogP contribution in [0.5, 0.6) is 11.5 Å². The molecule has 0 saturated heterocycles. The number of thiazole rings is 1. The maximum Gasteiger partial charge on any atom is 0.226 e. The molecule has 3 rings (SSSR count). The molecule has 1 aromatic heterocycles. The molecule has 3 aromatic rings. The summed E-state index contributed by atoms with van der Waals surface area (Å²) in [6, 6.07) is 15.6. The zero-order chi connectivity index (χ0) is 20.6. The van der Waals surface area contributed by atoms with Crippen LogP contribution in [0, 0.1) is 0 Å². The Bertz CT molecular complexity index is 940. The maximum atomic E-state index is 12.5. The van der Waals surface area contributed by atoms with Gasteiger partial charge >= 0.3 is 0 Å². The van der Waals surface area contributed by atoms with E-state index in [0.29, 0.717) is 24.7 Å². The Morgan fingerprint density at radius 1 is 1.07 bits per heavy atom. The number of amides is 1. The van der Waals surface area contributed by atoms with Crippen LogP contribution < -0.4 is 14.8 Å². The molecule has 1 atom stereocenters. The van der Waals surface area contributed by atoms with Gasteiger partial charge in [0.1, 0.15) is 5.01 Å². The lowest BCUT2D eigenvalue weighted by atomic mass is 10.1. The van der Waals surface area contributed by atoms with Gasteiger partial charge in [-0.3, -0.25) is 4.79 Å². The van der Waals surface area contributed by atoms with E-state index in [2.05, 4.69) is 10.3 Å². The molecule has 0 unspecified atom stereocenters. The summed E-state index contributed by atoms with van der Waals surface area (Å²) in [6.45, 7) is 6.96. The summed E-state index contributed by atoms with van der Waals surface area (Å²) >= 11 is 1.55. The predicted molar refractivity (Wildman–Crippen MR) is 117 cm³/mol. The van der Waals surface area contributed by atoms with Crippen LogP contribution in [0.1, 0.15) is 38.1 Å². The standard InChI is InChI=1S/C23H26N2O3S/c1-4-27-20-12-11-18(13-21(20)28-5-2)16(3)24-22(26)14-19-15-29-23(25-19)17-9-7-6-8-10-17/h6-13,15-16H,4-5,14H2,1-3H3,(H,24,26)/t16-/m0/s1. The third-order valence-electron chi connectivity index (χ3n) is 4.36. The Hall–Kier alpha value is -2.86. The Balaban J connectivity index is 1.63. The summed E-state index contributed by atoms with van der Waals surface area (Å²) in [5.74, 6) is 1.35. The molecule has 0 radical (unpaired) electrons. The molecule has 1 N–H and O–H groups in total. The molecule has 5 nitrogen and oxygen atoms in total. The van der Waals surface area contributed by atoms with E-state index < -0.39 is 0 Å². The van der Waals surface area contributed by atoms with Gasteiger partial charge < -0.3 is 14.8 Å². The van der Waals surface area contributed by atoms with Crippen molar-refractivity contribution in [2.75, 3.05) is 13.2 Å². The number of hydrogen-bond acceptors (Lipinski definition) is 5. The summed E-state index contributed by atoms with van der Waals surface area (Å²) in [6.07, 6.45) is 0.253. The molecule has 1 heterocycles. The first-order chi connectivity index (χ1) is 14.1. The van der Waals surface area contributed by atoms with Gasteiger partial charge in [0.2, 0.25) is 5.91 Å². The van der Waals surface area contributed by atoms with Crippen LogP contribution in [0.3, 0.4) is 0 Å². The number of nitrogens with zero attached hydrogens (tertiary/aromatic N) is 1. The second-order valence-electron chi connectivity index (χ2n) is 6.55. The third-order valence-corrected chi connectivity index (χ3v) is 5.30. The number of aromatic nitrogens is 1.